The summed E-state index contributed by atoms with van der Waals surface area (Å²) in [5.41, 5.74) is 1.58. The molecule has 0 N–H and O–H groups in total. The summed E-state index contributed by atoms with van der Waals surface area (Å²) in [5.74, 6) is -1.61. The van der Waals surface area contributed by atoms with Gasteiger partial charge in [-0.3, -0.25) is 14.4 Å². The molecule has 0 unspecified atom stereocenters. The first-order valence-corrected chi connectivity index (χ1v) is 10.6. The van der Waals surface area contributed by atoms with Gasteiger partial charge in [0, 0.05) is 22.2 Å². The number of carbonyl (C=O) groups is 3. The van der Waals surface area contributed by atoms with Crippen LogP contribution in [-0.2, 0) is 6.54 Å². The third-order valence-electron chi connectivity index (χ3n) is 5.78. The smallest absolute Gasteiger partial charge is 0.266 e. The van der Waals surface area contributed by atoms with Crippen molar-refractivity contribution in [3.63, 3.8) is 0 Å². The molecule has 3 amide bonds. The lowest BCUT2D eigenvalue weighted by molar-refractivity contribution is 0.0727. The number of hydrogen-bond acceptors (Lipinski definition) is 3. The summed E-state index contributed by atoms with van der Waals surface area (Å²) in [4.78, 5) is 41.7. The van der Waals surface area contributed by atoms with Crippen LogP contribution in [0.1, 0.15) is 49.5 Å². The van der Waals surface area contributed by atoms with Crippen molar-refractivity contribution < 1.29 is 18.8 Å². The van der Waals surface area contributed by atoms with Crippen LogP contribution in [0.5, 0.6) is 0 Å². The van der Waals surface area contributed by atoms with Gasteiger partial charge in [-0.25, -0.2) is 9.29 Å². The van der Waals surface area contributed by atoms with Gasteiger partial charge in [0.15, 0.2) is 0 Å². The second-order valence-electron chi connectivity index (χ2n) is 7.91. The predicted molar refractivity (Wildman–Crippen MR) is 118 cm³/mol. The third kappa shape index (κ3) is 3.46. The molecule has 7 heteroatoms. The highest BCUT2D eigenvalue weighted by atomic mass is 35.5. The Morgan fingerprint density at radius 2 is 1.62 bits per heavy atom. The Labute approximate surface area is 189 Å². The largest absolute Gasteiger partial charge is 0.331 e. The van der Waals surface area contributed by atoms with Crippen molar-refractivity contribution in [2.45, 2.75) is 25.4 Å². The van der Waals surface area contributed by atoms with Crippen LogP contribution in [0.25, 0.3) is 0 Å². The van der Waals surface area contributed by atoms with E-state index in [1.807, 2.05) is 0 Å². The number of hydrogen-bond donors (Lipinski definition) is 0. The molecule has 1 fully saturated rings. The molecular formula is C25H18ClFN2O3. The molecule has 2 aliphatic rings. The van der Waals surface area contributed by atoms with Crippen molar-refractivity contribution >= 4 is 35.0 Å². The fourth-order valence-electron chi connectivity index (χ4n) is 3.97. The van der Waals surface area contributed by atoms with Crippen molar-refractivity contribution in [3.8, 4) is 0 Å². The molecule has 0 radical (unpaired) electrons. The van der Waals surface area contributed by atoms with Crippen LogP contribution < -0.4 is 4.90 Å². The van der Waals surface area contributed by atoms with Crippen molar-refractivity contribution in [3.05, 3.63) is 99.8 Å². The van der Waals surface area contributed by atoms with E-state index in [1.54, 1.807) is 53.4 Å². The van der Waals surface area contributed by atoms with Crippen LogP contribution in [0, 0.1) is 5.82 Å². The zero-order valence-corrected chi connectivity index (χ0v) is 17.7. The summed E-state index contributed by atoms with van der Waals surface area (Å²) >= 11 is 6.18. The Hall–Kier alpha value is -3.51. The molecule has 160 valence electrons. The number of anilines is 1. The van der Waals surface area contributed by atoms with Gasteiger partial charge >= 0.3 is 0 Å². The van der Waals surface area contributed by atoms with E-state index in [4.69, 9.17) is 11.6 Å². The lowest BCUT2D eigenvalue weighted by atomic mass is 10.1. The summed E-state index contributed by atoms with van der Waals surface area (Å²) in [6, 6.07) is 17.5. The molecule has 0 saturated heterocycles. The second kappa shape index (κ2) is 7.88. The van der Waals surface area contributed by atoms with Gasteiger partial charge in [0.25, 0.3) is 17.7 Å². The fraction of sp³-hybridized carbons (Fsp3) is 0.160. The minimum Gasteiger partial charge on any atom is -0.331 e. The van der Waals surface area contributed by atoms with E-state index in [2.05, 4.69) is 0 Å². The molecule has 1 saturated carbocycles. The predicted octanol–water partition coefficient (Wildman–Crippen LogP) is 5.08. The quantitative estimate of drug-likeness (QED) is 0.511. The zero-order chi connectivity index (χ0) is 22.4. The molecule has 1 aliphatic heterocycles. The minimum atomic E-state index is -0.462. The first-order valence-electron chi connectivity index (χ1n) is 10.3. The highest BCUT2D eigenvalue weighted by Crippen LogP contribution is 2.33. The number of benzene rings is 3. The Kier molecular flexibility index (Phi) is 5.02. The third-order valence-corrected chi connectivity index (χ3v) is 6.14. The maximum atomic E-state index is 14.3. The lowest BCUT2D eigenvalue weighted by Gasteiger charge is -2.24. The monoisotopic (exact) mass is 448 g/mol. The van der Waals surface area contributed by atoms with Crippen molar-refractivity contribution in [2.75, 3.05) is 4.90 Å². The second-order valence-corrected chi connectivity index (χ2v) is 8.31. The standard InChI is InChI=1S/C25H18ClFN2O3/c26-21-9-4-10-22(27)20(21)14-28(16-11-12-16)23(30)15-5-3-6-17(13-15)29-24(31)18-7-1-2-8-19(18)25(29)32/h1-10,13,16H,11-12,14H2. The van der Waals surface area contributed by atoms with Crippen LogP contribution in [0.15, 0.2) is 66.7 Å². The molecule has 1 heterocycles. The van der Waals surface area contributed by atoms with E-state index in [0.29, 0.717) is 22.4 Å². The Morgan fingerprint density at radius 1 is 0.969 bits per heavy atom. The van der Waals surface area contributed by atoms with Crippen LogP contribution in [0.2, 0.25) is 5.02 Å². The zero-order valence-electron chi connectivity index (χ0n) is 16.9. The average molecular weight is 449 g/mol. The molecule has 3 aromatic carbocycles. The Balaban J connectivity index is 1.46. The molecule has 5 nitrogen and oxygen atoms in total. The van der Waals surface area contributed by atoms with Gasteiger partial charge in [-0.05, 0) is 55.3 Å². The van der Waals surface area contributed by atoms with Crippen LogP contribution in [-0.4, -0.2) is 28.7 Å². The van der Waals surface area contributed by atoms with Crippen molar-refractivity contribution in [2.24, 2.45) is 0 Å². The fourth-order valence-corrected chi connectivity index (χ4v) is 4.20. The number of rotatable bonds is 5. The number of imide groups is 1. The van der Waals surface area contributed by atoms with E-state index >= 15 is 0 Å². The lowest BCUT2D eigenvalue weighted by Crippen LogP contribution is -2.34. The molecule has 0 aromatic heterocycles. The number of carbonyl (C=O) groups excluding carboxylic acids is 3. The summed E-state index contributed by atoms with van der Waals surface area (Å²) in [5, 5.41) is 0.267. The van der Waals surface area contributed by atoms with Crippen LogP contribution in [0.4, 0.5) is 10.1 Å². The van der Waals surface area contributed by atoms with Crippen molar-refractivity contribution in [1.82, 2.24) is 4.90 Å². The molecule has 3 aromatic rings. The Morgan fingerprint density at radius 3 is 2.25 bits per heavy atom. The van der Waals surface area contributed by atoms with Gasteiger partial charge < -0.3 is 4.90 Å². The molecule has 0 spiro atoms. The van der Waals surface area contributed by atoms with E-state index in [0.717, 1.165) is 17.7 Å². The van der Waals surface area contributed by atoms with Gasteiger partial charge in [0.1, 0.15) is 5.82 Å². The van der Waals surface area contributed by atoms with E-state index in [1.165, 1.54) is 18.2 Å². The van der Waals surface area contributed by atoms with Gasteiger partial charge in [0.2, 0.25) is 0 Å². The topological polar surface area (TPSA) is 57.7 Å². The molecule has 32 heavy (non-hydrogen) atoms. The van der Waals surface area contributed by atoms with Gasteiger partial charge in [-0.2, -0.15) is 0 Å². The SMILES string of the molecule is O=C1c2ccccc2C(=O)N1c1cccc(C(=O)N(Cc2c(F)cccc2Cl)C2CC2)c1. The minimum absolute atomic E-state index is 0.00105. The molecule has 0 bridgehead atoms. The van der Waals surface area contributed by atoms with E-state index in [9.17, 15) is 18.8 Å². The molecule has 0 atom stereocenters. The van der Waals surface area contributed by atoms with E-state index in [-0.39, 0.29) is 29.1 Å². The van der Waals surface area contributed by atoms with Gasteiger partial charge in [0.05, 0.1) is 23.4 Å². The van der Waals surface area contributed by atoms with E-state index < -0.39 is 17.6 Å². The summed E-state index contributed by atoms with van der Waals surface area (Å²) in [7, 11) is 0. The maximum absolute atomic E-state index is 14.3. The summed E-state index contributed by atoms with van der Waals surface area (Å²) < 4.78 is 14.3. The Bertz CT molecular complexity index is 1220. The summed E-state index contributed by atoms with van der Waals surface area (Å²) in [6.45, 7) is 0.0479. The number of halogens is 2. The van der Waals surface area contributed by atoms with Crippen LogP contribution >= 0.6 is 11.6 Å². The first-order chi connectivity index (χ1) is 15.5. The molecular weight excluding hydrogens is 431 g/mol. The highest BCUT2D eigenvalue weighted by Gasteiger charge is 2.37. The normalized spacial score (nSPS) is 15.1. The number of amides is 3. The number of fused-ring (bicyclic) bond motifs is 1. The maximum Gasteiger partial charge on any atom is 0.266 e. The molecule has 5 rings (SSSR count). The van der Waals surface area contributed by atoms with Crippen molar-refractivity contribution in [1.29, 1.82) is 0 Å². The first kappa shape index (κ1) is 20.4. The van der Waals surface area contributed by atoms with Crippen LogP contribution in [0.3, 0.4) is 0 Å². The highest BCUT2D eigenvalue weighted by molar-refractivity contribution is 6.34. The van der Waals surface area contributed by atoms with Gasteiger partial charge in [-0.15, -0.1) is 0 Å². The summed E-state index contributed by atoms with van der Waals surface area (Å²) in [6.07, 6.45) is 1.66. The molecule has 1 aliphatic carbocycles. The van der Waals surface area contributed by atoms with Gasteiger partial charge in [-0.1, -0.05) is 35.9 Å². The number of nitrogens with zero attached hydrogens (tertiary/aromatic N) is 2. The average Bonchev–Trinajstić information content (AvgIpc) is 3.60.